The quantitative estimate of drug-likeness (QED) is 0.920. The van der Waals surface area contributed by atoms with Crippen molar-refractivity contribution in [1.29, 1.82) is 0 Å². The normalized spacial score (nSPS) is 20.8. The van der Waals surface area contributed by atoms with E-state index in [4.69, 9.17) is 5.14 Å². The third-order valence-corrected chi connectivity index (χ3v) is 5.21. The molecule has 3 nitrogen and oxygen atoms in total. The minimum atomic E-state index is -3.62. The molecule has 116 valence electrons. The van der Waals surface area contributed by atoms with Crippen LogP contribution < -0.4 is 5.14 Å². The first-order valence-electron chi connectivity index (χ1n) is 7.31. The van der Waals surface area contributed by atoms with Crippen LogP contribution in [0.15, 0.2) is 53.4 Å². The third kappa shape index (κ3) is 3.54. The minimum Gasteiger partial charge on any atom is -0.225 e. The Morgan fingerprint density at radius 3 is 2.27 bits per heavy atom. The second-order valence-corrected chi connectivity index (χ2v) is 7.44. The molecule has 0 aliphatic heterocycles. The summed E-state index contributed by atoms with van der Waals surface area (Å²) in [6.45, 7) is 0. The summed E-state index contributed by atoms with van der Waals surface area (Å²) in [6, 6.07) is 13.5. The molecule has 0 unspecified atom stereocenters. The van der Waals surface area contributed by atoms with Crippen LogP contribution in [0.25, 0.3) is 0 Å². The lowest BCUT2D eigenvalue weighted by atomic mass is 10.0. The SMILES string of the molecule is NS(=O)(=O)c1ccc([C@@H]2C[C@H]2CCc2ccc(F)cc2)cc1. The highest BCUT2D eigenvalue weighted by atomic mass is 32.2. The zero-order valence-electron chi connectivity index (χ0n) is 12.1. The predicted molar refractivity (Wildman–Crippen MR) is 83.4 cm³/mol. The second kappa shape index (κ2) is 5.82. The smallest absolute Gasteiger partial charge is 0.225 e. The average Bonchev–Trinajstić information content (AvgIpc) is 3.26. The van der Waals surface area contributed by atoms with Crippen molar-refractivity contribution >= 4 is 10.0 Å². The van der Waals surface area contributed by atoms with Gasteiger partial charge in [-0.05, 0) is 66.5 Å². The standard InChI is InChI=1S/C17H18FNO2S/c18-15-7-2-12(3-8-15)1-4-14-11-17(14)13-5-9-16(10-6-13)22(19,20)21/h2-3,5-10,14,17H,1,4,11H2,(H2,19,20,21)/t14-,17+/m1/s1. The lowest BCUT2D eigenvalue weighted by Crippen LogP contribution is -2.11. The summed E-state index contributed by atoms with van der Waals surface area (Å²) in [6.07, 6.45) is 3.12. The molecule has 1 fully saturated rings. The molecule has 0 heterocycles. The Labute approximate surface area is 130 Å². The first-order valence-corrected chi connectivity index (χ1v) is 8.85. The highest BCUT2D eigenvalue weighted by Gasteiger charge is 2.37. The zero-order valence-corrected chi connectivity index (χ0v) is 12.9. The van der Waals surface area contributed by atoms with E-state index in [2.05, 4.69) is 0 Å². The Kier molecular flexibility index (Phi) is 4.02. The van der Waals surface area contributed by atoms with Crippen LogP contribution in [0.5, 0.6) is 0 Å². The van der Waals surface area contributed by atoms with E-state index in [9.17, 15) is 12.8 Å². The van der Waals surface area contributed by atoms with Crippen molar-refractivity contribution in [2.75, 3.05) is 0 Å². The van der Waals surface area contributed by atoms with E-state index < -0.39 is 10.0 Å². The van der Waals surface area contributed by atoms with Crippen molar-refractivity contribution in [3.8, 4) is 0 Å². The monoisotopic (exact) mass is 319 g/mol. The van der Waals surface area contributed by atoms with Crippen molar-refractivity contribution in [1.82, 2.24) is 0 Å². The summed E-state index contributed by atoms with van der Waals surface area (Å²) >= 11 is 0. The van der Waals surface area contributed by atoms with Gasteiger partial charge in [0.15, 0.2) is 0 Å². The van der Waals surface area contributed by atoms with Crippen LogP contribution in [-0.4, -0.2) is 8.42 Å². The van der Waals surface area contributed by atoms with Gasteiger partial charge in [-0.15, -0.1) is 0 Å². The van der Waals surface area contributed by atoms with Crippen LogP contribution in [0, 0.1) is 11.7 Å². The number of hydrogen-bond acceptors (Lipinski definition) is 2. The Hall–Kier alpha value is -1.72. The van der Waals surface area contributed by atoms with Crippen LogP contribution in [-0.2, 0) is 16.4 Å². The van der Waals surface area contributed by atoms with Gasteiger partial charge in [-0.2, -0.15) is 0 Å². The Morgan fingerprint density at radius 2 is 1.68 bits per heavy atom. The number of rotatable bonds is 5. The van der Waals surface area contributed by atoms with Gasteiger partial charge in [0.1, 0.15) is 5.82 Å². The van der Waals surface area contributed by atoms with Crippen molar-refractivity contribution in [3.05, 3.63) is 65.5 Å². The lowest BCUT2D eigenvalue weighted by molar-refractivity contribution is 0.597. The molecular formula is C17H18FNO2S. The fraction of sp³-hybridized carbons (Fsp3) is 0.294. The molecule has 0 radical (unpaired) electrons. The Morgan fingerprint density at radius 1 is 1.05 bits per heavy atom. The van der Waals surface area contributed by atoms with E-state index in [0.717, 1.165) is 30.4 Å². The van der Waals surface area contributed by atoms with Crippen LogP contribution in [0.3, 0.4) is 0 Å². The van der Waals surface area contributed by atoms with Crippen LogP contribution >= 0.6 is 0 Å². The molecule has 1 aliphatic rings. The molecule has 1 aliphatic carbocycles. The molecule has 0 amide bonds. The van der Waals surface area contributed by atoms with E-state index in [1.807, 2.05) is 24.3 Å². The number of primary sulfonamides is 1. The van der Waals surface area contributed by atoms with Gasteiger partial charge >= 0.3 is 0 Å². The average molecular weight is 319 g/mol. The molecule has 0 spiro atoms. The highest BCUT2D eigenvalue weighted by molar-refractivity contribution is 7.89. The zero-order chi connectivity index (χ0) is 15.7. The number of halogens is 1. The maximum absolute atomic E-state index is 12.8. The fourth-order valence-corrected chi connectivity index (χ4v) is 3.40. The van der Waals surface area contributed by atoms with E-state index >= 15 is 0 Å². The van der Waals surface area contributed by atoms with Crippen molar-refractivity contribution in [3.63, 3.8) is 0 Å². The molecule has 5 heteroatoms. The largest absolute Gasteiger partial charge is 0.238 e. The molecule has 2 aromatic carbocycles. The lowest BCUT2D eigenvalue weighted by Gasteiger charge is -2.03. The molecule has 0 bridgehead atoms. The van der Waals surface area contributed by atoms with Gasteiger partial charge in [0.2, 0.25) is 10.0 Å². The van der Waals surface area contributed by atoms with Gasteiger partial charge in [-0.3, -0.25) is 0 Å². The summed E-state index contributed by atoms with van der Waals surface area (Å²) in [5, 5.41) is 5.09. The summed E-state index contributed by atoms with van der Waals surface area (Å²) < 4.78 is 35.3. The molecule has 22 heavy (non-hydrogen) atoms. The molecule has 2 N–H and O–H groups in total. The topological polar surface area (TPSA) is 60.2 Å². The first-order chi connectivity index (χ1) is 10.4. The van der Waals surface area contributed by atoms with Gasteiger partial charge in [-0.25, -0.2) is 17.9 Å². The molecule has 3 rings (SSSR count). The molecular weight excluding hydrogens is 301 g/mol. The Balaban J connectivity index is 1.57. The maximum Gasteiger partial charge on any atom is 0.238 e. The van der Waals surface area contributed by atoms with Crippen molar-refractivity contribution in [2.24, 2.45) is 11.1 Å². The van der Waals surface area contributed by atoms with Crippen LogP contribution in [0.2, 0.25) is 0 Å². The van der Waals surface area contributed by atoms with Crippen LogP contribution in [0.4, 0.5) is 4.39 Å². The van der Waals surface area contributed by atoms with E-state index in [1.165, 1.54) is 12.1 Å². The first kappa shape index (κ1) is 15.2. The van der Waals surface area contributed by atoms with Gasteiger partial charge in [-0.1, -0.05) is 24.3 Å². The van der Waals surface area contributed by atoms with Crippen molar-refractivity contribution in [2.45, 2.75) is 30.1 Å². The number of benzene rings is 2. The number of hydrogen-bond donors (Lipinski definition) is 1. The van der Waals surface area contributed by atoms with E-state index in [-0.39, 0.29) is 10.7 Å². The minimum absolute atomic E-state index is 0.153. The molecule has 1 saturated carbocycles. The van der Waals surface area contributed by atoms with Crippen LogP contribution in [0.1, 0.15) is 29.9 Å². The summed E-state index contributed by atoms with van der Waals surface area (Å²) in [5.74, 6) is 0.906. The summed E-state index contributed by atoms with van der Waals surface area (Å²) in [4.78, 5) is 0.153. The van der Waals surface area contributed by atoms with E-state index in [0.29, 0.717) is 11.8 Å². The molecule has 2 aromatic rings. The third-order valence-electron chi connectivity index (χ3n) is 4.28. The van der Waals surface area contributed by atoms with Gasteiger partial charge in [0.05, 0.1) is 4.90 Å². The number of aryl methyl sites for hydroxylation is 1. The molecule has 2 atom stereocenters. The number of nitrogens with two attached hydrogens (primary N) is 1. The summed E-state index contributed by atoms with van der Waals surface area (Å²) in [5.41, 5.74) is 2.31. The van der Waals surface area contributed by atoms with E-state index in [1.54, 1.807) is 12.1 Å². The van der Waals surface area contributed by atoms with Gasteiger partial charge < -0.3 is 0 Å². The predicted octanol–water partition coefficient (Wildman–Crippen LogP) is 3.21. The maximum atomic E-state index is 12.8. The molecule has 0 saturated heterocycles. The Bertz CT molecular complexity index is 754. The van der Waals surface area contributed by atoms with Crippen molar-refractivity contribution < 1.29 is 12.8 Å². The number of sulfonamides is 1. The highest BCUT2D eigenvalue weighted by Crippen LogP contribution is 2.50. The van der Waals surface area contributed by atoms with Gasteiger partial charge in [0.25, 0.3) is 0 Å². The second-order valence-electron chi connectivity index (χ2n) is 5.88. The summed E-state index contributed by atoms with van der Waals surface area (Å²) in [7, 11) is -3.62. The fourth-order valence-electron chi connectivity index (χ4n) is 2.88. The molecule has 0 aromatic heterocycles. The van der Waals surface area contributed by atoms with Gasteiger partial charge in [0, 0.05) is 0 Å².